The van der Waals surface area contributed by atoms with E-state index in [0.29, 0.717) is 22.5 Å². The van der Waals surface area contributed by atoms with Gasteiger partial charge in [-0.25, -0.2) is 0 Å². The summed E-state index contributed by atoms with van der Waals surface area (Å²) in [6.45, 7) is 0. The third-order valence-electron chi connectivity index (χ3n) is 3.66. The van der Waals surface area contributed by atoms with Crippen LogP contribution in [0.5, 0.6) is 11.5 Å². The Kier molecular flexibility index (Phi) is 4.56. The van der Waals surface area contributed by atoms with E-state index < -0.39 is 5.91 Å². The molecule has 3 N–H and O–H groups in total. The second-order valence-electron chi connectivity index (χ2n) is 5.35. The maximum absolute atomic E-state index is 12.0. The number of nitrogens with one attached hydrogen (secondary N) is 2. The van der Waals surface area contributed by atoms with Crippen molar-refractivity contribution in [3.05, 3.63) is 59.9 Å². The number of methoxy groups -OCH3 is 1. The first kappa shape index (κ1) is 16.4. The molecule has 0 spiro atoms. The standard InChI is InChI=1S/C18H16N2O5/c1-24-14-6-7-15-12(10-25-16(15)9-14)8-17(22)19-20-18(23)11-2-4-13(21)5-3-11/h2-7,9-10,21H,8H2,1H3,(H,19,22)(H,20,23). The van der Waals surface area contributed by atoms with Crippen molar-refractivity contribution in [2.45, 2.75) is 6.42 Å². The van der Waals surface area contributed by atoms with Crippen molar-refractivity contribution in [1.29, 1.82) is 0 Å². The van der Waals surface area contributed by atoms with Crippen LogP contribution in [0.1, 0.15) is 15.9 Å². The summed E-state index contributed by atoms with van der Waals surface area (Å²) in [5.41, 5.74) is 6.32. The largest absolute Gasteiger partial charge is 0.508 e. The summed E-state index contributed by atoms with van der Waals surface area (Å²) in [7, 11) is 1.56. The van der Waals surface area contributed by atoms with Crippen molar-refractivity contribution < 1.29 is 23.8 Å². The molecule has 0 unspecified atom stereocenters. The molecular weight excluding hydrogens is 324 g/mol. The van der Waals surface area contributed by atoms with Crippen molar-refractivity contribution in [1.82, 2.24) is 10.9 Å². The van der Waals surface area contributed by atoms with Crippen LogP contribution in [0.15, 0.2) is 53.1 Å². The number of ether oxygens (including phenoxy) is 1. The van der Waals surface area contributed by atoms with E-state index in [9.17, 15) is 14.7 Å². The van der Waals surface area contributed by atoms with Crippen LogP contribution in [0.2, 0.25) is 0 Å². The molecule has 0 radical (unpaired) electrons. The van der Waals surface area contributed by atoms with Crippen LogP contribution in [0.3, 0.4) is 0 Å². The molecule has 0 fully saturated rings. The van der Waals surface area contributed by atoms with Crippen LogP contribution in [-0.4, -0.2) is 24.0 Å². The van der Waals surface area contributed by atoms with E-state index in [-0.39, 0.29) is 18.1 Å². The molecule has 0 saturated carbocycles. The maximum Gasteiger partial charge on any atom is 0.269 e. The molecule has 1 heterocycles. The first-order valence-corrected chi connectivity index (χ1v) is 7.49. The van der Waals surface area contributed by atoms with Crippen LogP contribution < -0.4 is 15.6 Å². The lowest BCUT2D eigenvalue weighted by atomic mass is 10.1. The molecule has 0 aliphatic heterocycles. The van der Waals surface area contributed by atoms with Crippen LogP contribution in [0.25, 0.3) is 11.0 Å². The van der Waals surface area contributed by atoms with E-state index in [2.05, 4.69) is 10.9 Å². The van der Waals surface area contributed by atoms with Crippen molar-refractivity contribution in [3.63, 3.8) is 0 Å². The molecule has 0 bridgehead atoms. The average Bonchev–Trinajstić information content (AvgIpc) is 3.02. The Morgan fingerprint density at radius 1 is 1.12 bits per heavy atom. The quantitative estimate of drug-likeness (QED) is 0.632. The Balaban J connectivity index is 1.61. The molecule has 0 atom stereocenters. The maximum atomic E-state index is 12.0. The highest BCUT2D eigenvalue weighted by atomic mass is 16.5. The van der Waals surface area contributed by atoms with Gasteiger partial charge in [0.25, 0.3) is 5.91 Å². The average molecular weight is 340 g/mol. The minimum absolute atomic E-state index is 0.0508. The molecule has 1 aromatic heterocycles. The van der Waals surface area contributed by atoms with Crippen molar-refractivity contribution in [2.24, 2.45) is 0 Å². The summed E-state index contributed by atoms with van der Waals surface area (Å²) >= 11 is 0. The fraction of sp³-hybridized carbons (Fsp3) is 0.111. The van der Waals surface area contributed by atoms with Crippen molar-refractivity contribution in [2.75, 3.05) is 7.11 Å². The van der Waals surface area contributed by atoms with Gasteiger partial charge in [0.05, 0.1) is 19.8 Å². The molecule has 7 nitrogen and oxygen atoms in total. The summed E-state index contributed by atoms with van der Waals surface area (Å²) < 4.78 is 10.6. The van der Waals surface area contributed by atoms with Crippen LogP contribution in [0.4, 0.5) is 0 Å². The second kappa shape index (κ2) is 6.96. The topological polar surface area (TPSA) is 101 Å². The van der Waals surface area contributed by atoms with Crippen LogP contribution in [-0.2, 0) is 11.2 Å². The number of hydrogen-bond acceptors (Lipinski definition) is 5. The SMILES string of the molecule is COc1ccc2c(CC(=O)NNC(=O)c3ccc(O)cc3)coc2c1. The Labute approximate surface area is 143 Å². The number of benzene rings is 2. The van der Waals surface area contributed by atoms with Gasteiger partial charge in [-0.3, -0.25) is 20.4 Å². The summed E-state index contributed by atoms with van der Waals surface area (Å²) in [5, 5.41) is 10.0. The minimum atomic E-state index is -0.477. The van der Waals surface area contributed by atoms with Gasteiger partial charge >= 0.3 is 0 Å². The molecule has 3 aromatic rings. The van der Waals surface area contributed by atoms with Gasteiger partial charge in [0.2, 0.25) is 5.91 Å². The lowest BCUT2D eigenvalue weighted by Crippen LogP contribution is -2.42. The number of hydrogen-bond donors (Lipinski definition) is 3. The van der Waals surface area contributed by atoms with Gasteiger partial charge in [0, 0.05) is 22.6 Å². The fourth-order valence-corrected chi connectivity index (χ4v) is 2.36. The Morgan fingerprint density at radius 3 is 2.60 bits per heavy atom. The van der Waals surface area contributed by atoms with E-state index in [0.717, 1.165) is 5.39 Å². The molecule has 128 valence electrons. The number of carbonyl (C=O) groups excluding carboxylic acids is 2. The first-order chi connectivity index (χ1) is 12.1. The molecule has 0 aliphatic rings. The predicted molar refractivity (Wildman–Crippen MR) is 90.2 cm³/mol. The van der Waals surface area contributed by atoms with Gasteiger partial charge in [-0.2, -0.15) is 0 Å². The zero-order valence-electron chi connectivity index (χ0n) is 13.4. The number of phenols is 1. The Morgan fingerprint density at radius 2 is 1.88 bits per heavy atom. The summed E-state index contributed by atoms with van der Waals surface area (Å²) in [6.07, 6.45) is 1.56. The van der Waals surface area contributed by atoms with Crippen molar-refractivity contribution in [3.8, 4) is 11.5 Å². The number of fused-ring (bicyclic) bond motifs is 1. The van der Waals surface area contributed by atoms with E-state index in [1.165, 1.54) is 30.5 Å². The summed E-state index contributed by atoms with van der Waals surface area (Å²) in [4.78, 5) is 23.9. The fourth-order valence-electron chi connectivity index (χ4n) is 2.36. The van der Waals surface area contributed by atoms with E-state index >= 15 is 0 Å². The third kappa shape index (κ3) is 3.72. The Bertz CT molecular complexity index is 915. The number of furan rings is 1. The number of rotatable bonds is 4. The van der Waals surface area contributed by atoms with Gasteiger partial charge < -0.3 is 14.3 Å². The molecular formula is C18H16N2O5. The Hall–Kier alpha value is -3.48. The molecule has 25 heavy (non-hydrogen) atoms. The van der Waals surface area contributed by atoms with Crippen molar-refractivity contribution >= 4 is 22.8 Å². The van der Waals surface area contributed by atoms with Crippen LogP contribution in [0, 0.1) is 0 Å². The molecule has 0 aliphatic carbocycles. The smallest absolute Gasteiger partial charge is 0.269 e. The lowest BCUT2D eigenvalue weighted by Gasteiger charge is -2.07. The zero-order valence-corrected chi connectivity index (χ0v) is 13.4. The third-order valence-corrected chi connectivity index (χ3v) is 3.66. The van der Waals surface area contributed by atoms with Crippen LogP contribution >= 0.6 is 0 Å². The van der Waals surface area contributed by atoms with E-state index in [1.54, 1.807) is 19.2 Å². The van der Waals surface area contributed by atoms with E-state index in [4.69, 9.17) is 9.15 Å². The van der Waals surface area contributed by atoms with Gasteiger partial charge in [-0.15, -0.1) is 0 Å². The monoisotopic (exact) mass is 340 g/mol. The number of phenolic OH excluding ortho intramolecular Hbond substituents is 1. The second-order valence-corrected chi connectivity index (χ2v) is 5.35. The van der Waals surface area contributed by atoms with Gasteiger partial charge in [-0.1, -0.05) is 0 Å². The number of hydrazine groups is 1. The zero-order chi connectivity index (χ0) is 17.8. The predicted octanol–water partition coefficient (Wildman–Crippen LogP) is 2.15. The van der Waals surface area contributed by atoms with Gasteiger partial charge in [-0.05, 0) is 36.4 Å². The minimum Gasteiger partial charge on any atom is -0.508 e. The lowest BCUT2D eigenvalue weighted by molar-refractivity contribution is -0.121. The normalized spacial score (nSPS) is 10.4. The molecule has 2 aromatic carbocycles. The van der Waals surface area contributed by atoms with Gasteiger partial charge in [0.1, 0.15) is 17.1 Å². The highest BCUT2D eigenvalue weighted by Crippen LogP contribution is 2.25. The first-order valence-electron chi connectivity index (χ1n) is 7.49. The summed E-state index contributed by atoms with van der Waals surface area (Å²) in [6, 6.07) is 11.0. The number of aromatic hydroxyl groups is 1. The molecule has 2 amide bonds. The molecule has 0 saturated heterocycles. The summed E-state index contributed by atoms with van der Waals surface area (Å²) in [5.74, 6) is -0.135. The number of carbonyl (C=O) groups is 2. The molecule has 7 heteroatoms. The number of amides is 2. The van der Waals surface area contributed by atoms with E-state index in [1.807, 2.05) is 6.07 Å². The molecule has 3 rings (SSSR count). The highest BCUT2D eigenvalue weighted by molar-refractivity contribution is 5.96. The van der Waals surface area contributed by atoms with Gasteiger partial charge in [0.15, 0.2) is 0 Å². The highest BCUT2D eigenvalue weighted by Gasteiger charge is 2.12.